The van der Waals surface area contributed by atoms with E-state index >= 15 is 0 Å². The van der Waals surface area contributed by atoms with Crippen molar-refractivity contribution >= 4 is 29.0 Å². The first kappa shape index (κ1) is 15.9. The van der Waals surface area contributed by atoms with Crippen LogP contribution in [-0.2, 0) is 4.79 Å². The molecule has 106 valence electrons. The van der Waals surface area contributed by atoms with E-state index in [1.54, 1.807) is 0 Å². The van der Waals surface area contributed by atoms with Gasteiger partial charge in [-0.15, -0.1) is 0 Å². The van der Waals surface area contributed by atoms with Crippen LogP contribution in [0.5, 0.6) is 0 Å². The van der Waals surface area contributed by atoms with Crippen LogP contribution in [0, 0.1) is 5.92 Å². The fourth-order valence-electron chi connectivity index (χ4n) is 1.51. The third-order valence-corrected chi connectivity index (χ3v) is 3.66. The highest BCUT2D eigenvalue weighted by molar-refractivity contribution is 7.99. The quantitative estimate of drug-likeness (QED) is 0.711. The largest absolute Gasteiger partial charge is 0.385 e. The number of benzene rings is 1. The summed E-state index contributed by atoms with van der Waals surface area (Å²) in [7, 11) is 0. The van der Waals surface area contributed by atoms with Gasteiger partial charge in [-0.1, -0.05) is 20.8 Å². The Bertz CT molecular complexity index is 376. The Morgan fingerprint density at radius 1 is 1.21 bits per heavy atom. The van der Waals surface area contributed by atoms with Crippen molar-refractivity contribution in [2.45, 2.75) is 27.2 Å². The predicted molar refractivity (Wildman–Crippen MR) is 86.0 cm³/mol. The molecule has 0 aliphatic rings. The summed E-state index contributed by atoms with van der Waals surface area (Å²) >= 11 is 1.97. The number of hydrogen-bond donors (Lipinski definition) is 2. The third kappa shape index (κ3) is 6.53. The van der Waals surface area contributed by atoms with Crippen LogP contribution >= 0.6 is 11.8 Å². The van der Waals surface area contributed by atoms with Gasteiger partial charge in [-0.3, -0.25) is 4.79 Å². The summed E-state index contributed by atoms with van der Waals surface area (Å²) in [5, 5.41) is 6.26. The number of carbonyl (C=O) groups excluding carboxylic acids is 1. The van der Waals surface area contributed by atoms with Gasteiger partial charge in [-0.05, 0) is 42.2 Å². The molecule has 0 aromatic heterocycles. The first-order valence-electron chi connectivity index (χ1n) is 6.86. The van der Waals surface area contributed by atoms with E-state index in [1.807, 2.05) is 49.9 Å². The maximum absolute atomic E-state index is 11.5. The maximum Gasteiger partial charge on any atom is 0.226 e. The van der Waals surface area contributed by atoms with E-state index in [2.05, 4.69) is 17.6 Å². The van der Waals surface area contributed by atoms with Gasteiger partial charge in [-0.2, -0.15) is 11.8 Å². The highest BCUT2D eigenvalue weighted by Crippen LogP contribution is 2.14. The van der Waals surface area contributed by atoms with Crippen molar-refractivity contribution in [3.8, 4) is 0 Å². The molecule has 1 rings (SSSR count). The molecular weight excluding hydrogens is 256 g/mol. The molecule has 0 unspecified atom stereocenters. The Morgan fingerprint density at radius 3 is 2.42 bits per heavy atom. The Balaban J connectivity index is 2.33. The number of hydrogen-bond acceptors (Lipinski definition) is 3. The zero-order valence-corrected chi connectivity index (χ0v) is 12.8. The lowest BCUT2D eigenvalue weighted by Crippen LogP contribution is -2.17. The minimum absolute atomic E-state index is 0.00821. The molecule has 0 fully saturated rings. The van der Waals surface area contributed by atoms with Gasteiger partial charge >= 0.3 is 0 Å². The van der Waals surface area contributed by atoms with Gasteiger partial charge in [0, 0.05) is 23.8 Å². The smallest absolute Gasteiger partial charge is 0.226 e. The molecule has 0 atom stereocenters. The number of amides is 1. The van der Waals surface area contributed by atoms with Crippen molar-refractivity contribution in [1.29, 1.82) is 0 Å². The van der Waals surface area contributed by atoms with E-state index in [1.165, 1.54) is 17.9 Å². The fraction of sp³-hybridized carbons (Fsp3) is 0.533. The van der Waals surface area contributed by atoms with Crippen molar-refractivity contribution < 1.29 is 4.79 Å². The number of nitrogens with one attached hydrogen (secondary N) is 2. The summed E-state index contributed by atoms with van der Waals surface area (Å²) in [6.07, 6.45) is 1.17. The lowest BCUT2D eigenvalue weighted by Gasteiger charge is -2.09. The number of thioether (sulfide) groups is 1. The van der Waals surface area contributed by atoms with Gasteiger partial charge in [0.25, 0.3) is 0 Å². The van der Waals surface area contributed by atoms with E-state index in [-0.39, 0.29) is 11.8 Å². The van der Waals surface area contributed by atoms with Gasteiger partial charge in [0.1, 0.15) is 0 Å². The summed E-state index contributed by atoms with van der Waals surface area (Å²) in [5.74, 6) is 2.45. The van der Waals surface area contributed by atoms with Crippen LogP contribution in [-0.4, -0.2) is 24.0 Å². The minimum atomic E-state index is 0.00821. The molecule has 0 spiro atoms. The fourth-order valence-corrected chi connectivity index (χ4v) is 2.15. The maximum atomic E-state index is 11.5. The van der Waals surface area contributed by atoms with Gasteiger partial charge in [-0.25, -0.2) is 0 Å². The number of carbonyl (C=O) groups is 1. The van der Waals surface area contributed by atoms with Crippen LogP contribution in [0.1, 0.15) is 27.2 Å². The molecule has 4 heteroatoms. The van der Waals surface area contributed by atoms with Crippen molar-refractivity contribution in [2.24, 2.45) is 5.92 Å². The molecule has 1 aromatic rings. The second-order valence-corrected chi connectivity index (χ2v) is 6.09. The second-order valence-electron chi connectivity index (χ2n) is 4.70. The number of anilines is 2. The molecule has 0 aliphatic carbocycles. The standard InChI is InChI=1S/C15H24N2OS/c1-4-19-11-5-10-16-13-6-8-14(9-7-13)17-15(18)12(2)3/h6-9,12,16H,4-5,10-11H2,1-3H3,(H,17,18). The van der Waals surface area contributed by atoms with E-state index in [4.69, 9.17) is 0 Å². The predicted octanol–water partition coefficient (Wildman–Crippen LogP) is 3.84. The van der Waals surface area contributed by atoms with Crippen LogP contribution in [0.2, 0.25) is 0 Å². The van der Waals surface area contributed by atoms with Crippen LogP contribution in [0.3, 0.4) is 0 Å². The third-order valence-electron chi connectivity index (χ3n) is 2.68. The minimum Gasteiger partial charge on any atom is -0.385 e. The molecule has 0 bridgehead atoms. The van der Waals surface area contributed by atoms with Crippen LogP contribution in [0.4, 0.5) is 11.4 Å². The molecule has 1 amide bonds. The zero-order valence-electron chi connectivity index (χ0n) is 12.0. The van der Waals surface area contributed by atoms with Crippen molar-refractivity contribution in [3.05, 3.63) is 24.3 Å². The van der Waals surface area contributed by atoms with Crippen LogP contribution in [0.15, 0.2) is 24.3 Å². The monoisotopic (exact) mass is 280 g/mol. The summed E-state index contributed by atoms with van der Waals surface area (Å²) in [4.78, 5) is 11.5. The summed E-state index contributed by atoms with van der Waals surface area (Å²) in [5.41, 5.74) is 1.95. The normalized spacial score (nSPS) is 10.5. The molecule has 1 aromatic carbocycles. The second kappa shape index (κ2) is 8.86. The van der Waals surface area contributed by atoms with E-state index < -0.39 is 0 Å². The molecule has 0 heterocycles. The Kier molecular flexibility index (Phi) is 7.41. The molecule has 19 heavy (non-hydrogen) atoms. The highest BCUT2D eigenvalue weighted by Gasteiger charge is 2.06. The van der Waals surface area contributed by atoms with Crippen LogP contribution in [0.25, 0.3) is 0 Å². The van der Waals surface area contributed by atoms with Crippen LogP contribution < -0.4 is 10.6 Å². The molecule has 3 nitrogen and oxygen atoms in total. The SMILES string of the molecule is CCSCCCNc1ccc(NC(=O)C(C)C)cc1. The van der Waals surface area contributed by atoms with Crippen molar-refractivity contribution in [2.75, 3.05) is 28.7 Å². The molecular formula is C15H24N2OS. The average Bonchev–Trinajstić information content (AvgIpc) is 2.40. The zero-order chi connectivity index (χ0) is 14.1. The van der Waals surface area contributed by atoms with E-state index in [0.717, 1.165) is 17.9 Å². The van der Waals surface area contributed by atoms with E-state index in [0.29, 0.717) is 0 Å². The lowest BCUT2D eigenvalue weighted by molar-refractivity contribution is -0.118. The lowest BCUT2D eigenvalue weighted by atomic mass is 10.2. The number of rotatable bonds is 8. The molecule has 0 saturated heterocycles. The van der Waals surface area contributed by atoms with Gasteiger partial charge < -0.3 is 10.6 Å². The Morgan fingerprint density at radius 2 is 1.84 bits per heavy atom. The van der Waals surface area contributed by atoms with Gasteiger partial charge in [0.2, 0.25) is 5.91 Å². The van der Waals surface area contributed by atoms with Crippen molar-refractivity contribution in [1.82, 2.24) is 0 Å². The molecule has 0 saturated carbocycles. The average molecular weight is 280 g/mol. The Hall–Kier alpha value is -1.16. The summed E-state index contributed by atoms with van der Waals surface area (Å²) in [6.45, 7) is 6.95. The highest BCUT2D eigenvalue weighted by atomic mass is 32.2. The first-order valence-corrected chi connectivity index (χ1v) is 8.01. The van der Waals surface area contributed by atoms with Gasteiger partial charge in [0.15, 0.2) is 0 Å². The first-order chi connectivity index (χ1) is 9.13. The summed E-state index contributed by atoms with van der Waals surface area (Å²) in [6, 6.07) is 7.87. The molecule has 2 N–H and O–H groups in total. The van der Waals surface area contributed by atoms with Crippen molar-refractivity contribution in [3.63, 3.8) is 0 Å². The topological polar surface area (TPSA) is 41.1 Å². The van der Waals surface area contributed by atoms with E-state index in [9.17, 15) is 4.79 Å². The summed E-state index contributed by atoms with van der Waals surface area (Å²) < 4.78 is 0. The molecule has 0 aliphatic heterocycles. The molecule has 0 radical (unpaired) electrons. The Labute approximate surface area is 120 Å². The van der Waals surface area contributed by atoms with Gasteiger partial charge in [0.05, 0.1) is 0 Å².